The first kappa shape index (κ1) is 13.2. The van der Waals surface area contributed by atoms with Crippen LogP contribution in [0.5, 0.6) is 0 Å². The van der Waals surface area contributed by atoms with Crippen molar-refractivity contribution in [3.05, 3.63) is 0 Å². The molecule has 17 heavy (non-hydrogen) atoms. The van der Waals surface area contributed by atoms with Crippen molar-refractivity contribution >= 4 is 0 Å². The van der Waals surface area contributed by atoms with E-state index in [1.54, 1.807) is 0 Å². The van der Waals surface area contributed by atoms with E-state index in [-0.39, 0.29) is 12.2 Å². The zero-order chi connectivity index (χ0) is 11.9. The van der Waals surface area contributed by atoms with Crippen molar-refractivity contribution in [3.63, 3.8) is 0 Å². The maximum atomic E-state index is 5.46. The molecule has 2 saturated heterocycles. The third kappa shape index (κ3) is 6.92. The predicted molar refractivity (Wildman–Crippen MR) is 57.6 cm³/mol. The highest BCUT2D eigenvalue weighted by atomic mass is 17.2. The highest BCUT2D eigenvalue weighted by Crippen LogP contribution is 2.09. The molecule has 0 radical (unpaired) electrons. The topological polar surface area (TPSA) is 62.0 Å². The van der Waals surface area contributed by atoms with E-state index in [9.17, 15) is 0 Å². The Bertz CT molecular complexity index is 204. The van der Waals surface area contributed by atoms with Gasteiger partial charge in [0.2, 0.25) is 0 Å². The summed E-state index contributed by atoms with van der Waals surface area (Å²) in [4.78, 5) is 9.83. The van der Waals surface area contributed by atoms with Gasteiger partial charge in [-0.15, -0.1) is 0 Å². The van der Waals surface area contributed by atoms with Crippen molar-refractivity contribution in [3.8, 4) is 0 Å². The van der Waals surface area contributed by atoms with Crippen molar-refractivity contribution in [2.24, 2.45) is 0 Å². The summed E-state index contributed by atoms with van der Waals surface area (Å²) < 4.78 is 20.8. The predicted octanol–water partition coefficient (Wildman–Crippen LogP) is 0.154. The van der Waals surface area contributed by atoms with Crippen molar-refractivity contribution in [2.75, 3.05) is 46.2 Å². The monoisotopic (exact) mass is 248 g/mol. The molecule has 100 valence electrons. The Kier molecular flexibility index (Phi) is 5.63. The van der Waals surface area contributed by atoms with Crippen molar-refractivity contribution in [2.45, 2.75) is 25.2 Å². The Morgan fingerprint density at radius 1 is 1.06 bits per heavy atom. The molecule has 2 rings (SSSR count). The summed E-state index contributed by atoms with van der Waals surface area (Å²) in [6, 6.07) is 0. The SMILES string of the molecule is CC(COCC1CO1)OCCOOCC1CO1. The third-order valence-corrected chi connectivity index (χ3v) is 2.37. The van der Waals surface area contributed by atoms with Crippen molar-refractivity contribution in [1.82, 2.24) is 0 Å². The second kappa shape index (κ2) is 7.25. The minimum Gasteiger partial charge on any atom is -0.376 e. The van der Waals surface area contributed by atoms with Gasteiger partial charge in [0.15, 0.2) is 0 Å². The van der Waals surface area contributed by atoms with Gasteiger partial charge >= 0.3 is 0 Å². The van der Waals surface area contributed by atoms with Gasteiger partial charge in [0.05, 0.1) is 39.1 Å². The quantitative estimate of drug-likeness (QED) is 0.224. The van der Waals surface area contributed by atoms with Crippen LogP contribution in [0.4, 0.5) is 0 Å². The van der Waals surface area contributed by atoms with Gasteiger partial charge in [0.25, 0.3) is 0 Å². The van der Waals surface area contributed by atoms with E-state index in [2.05, 4.69) is 0 Å². The fourth-order valence-corrected chi connectivity index (χ4v) is 1.21. The fourth-order valence-electron chi connectivity index (χ4n) is 1.21. The van der Waals surface area contributed by atoms with Crippen LogP contribution in [0.15, 0.2) is 0 Å². The molecule has 2 aliphatic rings. The summed E-state index contributed by atoms with van der Waals surface area (Å²) in [5, 5.41) is 0. The molecule has 0 aliphatic carbocycles. The van der Waals surface area contributed by atoms with Crippen molar-refractivity contribution < 1.29 is 28.7 Å². The molecule has 0 saturated carbocycles. The maximum Gasteiger partial charge on any atom is 0.111 e. The summed E-state index contributed by atoms with van der Waals surface area (Å²) in [5.41, 5.74) is 0. The van der Waals surface area contributed by atoms with Crippen LogP contribution in [0.2, 0.25) is 0 Å². The number of hydrogen-bond acceptors (Lipinski definition) is 6. The first-order valence-corrected chi connectivity index (χ1v) is 6.01. The van der Waals surface area contributed by atoms with E-state index in [1.165, 1.54) is 0 Å². The zero-order valence-electron chi connectivity index (χ0n) is 10.1. The van der Waals surface area contributed by atoms with E-state index in [4.69, 9.17) is 28.7 Å². The lowest BCUT2D eigenvalue weighted by Crippen LogP contribution is -2.20. The van der Waals surface area contributed by atoms with E-state index in [1.807, 2.05) is 6.92 Å². The molecule has 0 amide bonds. The van der Waals surface area contributed by atoms with E-state index >= 15 is 0 Å². The third-order valence-electron chi connectivity index (χ3n) is 2.37. The molecule has 0 aromatic rings. The van der Waals surface area contributed by atoms with E-state index in [0.29, 0.717) is 39.1 Å². The largest absolute Gasteiger partial charge is 0.376 e. The Balaban J connectivity index is 1.30. The molecule has 0 aromatic carbocycles. The van der Waals surface area contributed by atoms with Crippen LogP contribution in [-0.4, -0.2) is 64.6 Å². The second-order valence-corrected chi connectivity index (χ2v) is 4.24. The summed E-state index contributed by atoms with van der Waals surface area (Å²) in [5.74, 6) is 0. The van der Waals surface area contributed by atoms with Gasteiger partial charge in [-0.1, -0.05) is 0 Å². The Morgan fingerprint density at radius 2 is 1.76 bits per heavy atom. The van der Waals surface area contributed by atoms with Crippen LogP contribution in [0, 0.1) is 0 Å². The second-order valence-electron chi connectivity index (χ2n) is 4.24. The average molecular weight is 248 g/mol. The average Bonchev–Trinajstić information content (AvgIpc) is 3.15. The Morgan fingerprint density at radius 3 is 2.47 bits per heavy atom. The van der Waals surface area contributed by atoms with Crippen LogP contribution >= 0.6 is 0 Å². The first-order valence-electron chi connectivity index (χ1n) is 6.01. The van der Waals surface area contributed by atoms with E-state index in [0.717, 1.165) is 13.2 Å². The normalized spacial score (nSPS) is 28.1. The molecule has 3 unspecified atom stereocenters. The molecule has 0 bridgehead atoms. The number of hydrogen-bond donors (Lipinski definition) is 0. The van der Waals surface area contributed by atoms with Crippen LogP contribution < -0.4 is 0 Å². The van der Waals surface area contributed by atoms with Gasteiger partial charge < -0.3 is 18.9 Å². The summed E-state index contributed by atoms with van der Waals surface area (Å²) in [7, 11) is 0. The van der Waals surface area contributed by atoms with Gasteiger partial charge in [-0.2, -0.15) is 0 Å². The minimum absolute atomic E-state index is 0.0594. The summed E-state index contributed by atoms with van der Waals surface area (Å²) >= 11 is 0. The van der Waals surface area contributed by atoms with Gasteiger partial charge in [0, 0.05) is 0 Å². The lowest BCUT2D eigenvalue weighted by molar-refractivity contribution is -0.302. The van der Waals surface area contributed by atoms with E-state index < -0.39 is 0 Å². The smallest absolute Gasteiger partial charge is 0.111 e. The molecule has 2 aliphatic heterocycles. The lowest BCUT2D eigenvalue weighted by Gasteiger charge is -2.12. The molecule has 6 heteroatoms. The molecule has 0 N–H and O–H groups in total. The molecule has 2 fully saturated rings. The highest BCUT2D eigenvalue weighted by molar-refractivity contribution is 4.67. The zero-order valence-corrected chi connectivity index (χ0v) is 10.1. The Hall–Kier alpha value is -0.240. The molecule has 3 atom stereocenters. The van der Waals surface area contributed by atoms with Crippen LogP contribution in [0.1, 0.15) is 6.92 Å². The first-order chi connectivity index (χ1) is 8.34. The number of epoxide rings is 2. The standard InChI is InChI=1S/C11H20O6/c1-9(4-12-5-10-6-14-10)13-2-3-16-17-8-11-7-15-11/h9-11H,2-8H2,1H3. The number of rotatable bonds is 11. The lowest BCUT2D eigenvalue weighted by atomic mass is 10.4. The molecule has 6 nitrogen and oxygen atoms in total. The molecule has 0 aromatic heterocycles. The summed E-state index contributed by atoms with van der Waals surface area (Å²) in [6.45, 7) is 6.22. The maximum absolute atomic E-state index is 5.46. The molecular weight excluding hydrogens is 228 g/mol. The van der Waals surface area contributed by atoms with Gasteiger partial charge in [-0.25, -0.2) is 9.78 Å². The Labute approximate surface area is 101 Å². The van der Waals surface area contributed by atoms with Crippen molar-refractivity contribution in [1.29, 1.82) is 0 Å². The molecule has 0 spiro atoms. The van der Waals surface area contributed by atoms with Gasteiger partial charge in [-0.05, 0) is 6.92 Å². The fraction of sp³-hybridized carbons (Fsp3) is 1.00. The van der Waals surface area contributed by atoms with Gasteiger partial charge in [-0.3, -0.25) is 0 Å². The number of ether oxygens (including phenoxy) is 4. The van der Waals surface area contributed by atoms with Gasteiger partial charge in [0.1, 0.15) is 25.4 Å². The highest BCUT2D eigenvalue weighted by Gasteiger charge is 2.23. The molecular formula is C11H20O6. The summed E-state index contributed by atoms with van der Waals surface area (Å²) in [6.07, 6.45) is 0.598. The van der Waals surface area contributed by atoms with Crippen LogP contribution in [0.3, 0.4) is 0 Å². The van der Waals surface area contributed by atoms with Crippen LogP contribution in [0.25, 0.3) is 0 Å². The minimum atomic E-state index is 0.0594. The van der Waals surface area contributed by atoms with Crippen LogP contribution in [-0.2, 0) is 28.7 Å². The molecule has 2 heterocycles.